The number of rotatable bonds is 72. The third-order valence-corrected chi connectivity index (χ3v) is 18.9. The van der Waals surface area contributed by atoms with Gasteiger partial charge in [0.25, 0.3) is 0 Å². The largest absolute Gasteiger partial charge is 0.472 e. The Hall–Kier alpha value is -2.46. The summed E-state index contributed by atoms with van der Waals surface area (Å²) in [5, 5.41) is 10.6. The fourth-order valence-corrected chi connectivity index (χ4v) is 12.6. The van der Waals surface area contributed by atoms with Crippen LogP contribution in [-0.4, -0.2) is 96.7 Å². The minimum Gasteiger partial charge on any atom is -0.462 e. The summed E-state index contributed by atoms with van der Waals surface area (Å²) in [6.45, 7) is 11.7. The summed E-state index contributed by atoms with van der Waals surface area (Å²) in [6.07, 6.45) is 55.4. The van der Waals surface area contributed by atoms with Gasteiger partial charge in [-0.2, -0.15) is 0 Å². The molecule has 0 saturated carbocycles. The lowest BCUT2D eigenvalue weighted by atomic mass is 10.0. The van der Waals surface area contributed by atoms with Gasteiger partial charge in [-0.15, -0.1) is 0 Å². The van der Waals surface area contributed by atoms with Crippen LogP contribution in [0.4, 0.5) is 0 Å². The summed E-state index contributed by atoms with van der Waals surface area (Å²) < 4.78 is 68.3. The third kappa shape index (κ3) is 69.8. The number of esters is 4. The number of phosphoric acid groups is 2. The predicted octanol–water partition coefficient (Wildman–Crippen LogP) is 21.7. The van der Waals surface area contributed by atoms with Gasteiger partial charge in [0, 0.05) is 25.7 Å². The molecule has 0 spiro atoms. The molecule has 0 radical (unpaired) electrons. The molecular weight excluding hydrogens is 1250 g/mol. The molecule has 0 aromatic carbocycles. The number of carbonyl (C=O) groups is 4. The second-order valence-corrected chi connectivity index (χ2v) is 31.0. The van der Waals surface area contributed by atoms with E-state index in [-0.39, 0.29) is 25.7 Å². The van der Waals surface area contributed by atoms with Gasteiger partial charge in [0.1, 0.15) is 19.3 Å². The van der Waals surface area contributed by atoms with Crippen molar-refractivity contribution in [3.63, 3.8) is 0 Å². The van der Waals surface area contributed by atoms with Crippen molar-refractivity contribution >= 4 is 39.5 Å². The van der Waals surface area contributed by atoms with Gasteiger partial charge in [0.2, 0.25) is 0 Å². The number of phosphoric ester groups is 2. The minimum atomic E-state index is -4.97. The molecule has 0 rings (SSSR count). The Bertz CT molecular complexity index is 1950. The fraction of sp³-hybridized carbons (Fsp3) is 0.895. The first kappa shape index (κ1) is 92.5. The first-order chi connectivity index (χ1) is 45.7. The maximum absolute atomic E-state index is 13.1. The van der Waals surface area contributed by atoms with Gasteiger partial charge >= 0.3 is 39.5 Å². The zero-order chi connectivity index (χ0) is 70.1. The lowest BCUT2D eigenvalue weighted by Crippen LogP contribution is -2.30. The quantitative estimate of drug-likeness (QED) is 0.0169. The lowest BCUT2D eigenvalue weighted by Gasteiger charge is -2.21. The molecule has 0 aliphatic heterocycles. The minimum absolute atomic E-state index is 0.0849. The van der Waals surface area contributed by atoms with E-state index in [1.54, 1.807) is 0 Å². The van der Waals surface area contributed by atoms with Gasteiger partial charge < -0.3 is 33.8 Å². The molecule has 0 saturated heterocycles. The summed E-state index contributed by atoms with van der Waals surface area (Å²) in [4.78, 5) is 72.6. The van der Waals surface area contributed by atoms with Crippen molar-refractivity contribution in [1.29, 1.82) is 0 Å². The Morgan fingerprint density at radius 3 is 0.853 bits per heavy atom. The molecule has 19 heteroatoms. The average molecular weight is 1390 g/mol. The maximum atomic E-state index is 13.1. The first-order valence-electron chi connectivity index (χ1n) is 38.7. The van der Waals surface area contributed by atoms with Gasteiger partial charge in [-0.1, -0.05) is 310 Å². The predicted molar refractivity (Wildman–Crippen MR) is 386 cm³/mol. The molecule has 3 unspecified atom stereocenters. The van der Waals surface area contributed by atoms with Gasteiger partial charge in [-0.05, 0) is 69.1 Å². The molecule has 17 nitrogen and oxygen atoms in total. The lowest BCUT2D eigenvalue weighted by molar-refractivity contribution is -0.161. The second-order valence-electron chi connectivity index (χ2n) is 28.1. The molecule has 0 amide bonds. The van der Waals surface area contributed by atoms with E-state index in [0.29, 0.717) is 37.5 Å². The summed E-state index contributed by atoms with van der Waals surface area (Å²) in [6, 6.07) is 0. The summed E-state index contributed by atoms with van der Waals surface area (Å²) in [5.74, 6) is 0.0368. The van der Waals surface area contributed by atoms with E-state index in [9.17, 15) is 43.2 Å². The molecule has 0 aliphatic rings. The number of unbranched alkanes of at least 4 members (excludes halogenated alkanes) is 37. The molecule has 5 atom stereocenters. The molecule has 95 heavy (non-hydrogen) atoms. The van der Waals surface area contributed by atoms with E-state index < -0.39 is 97.5 Å². The van der Waals surface area contributed by atoms with E-state index in [0.717, 1.165) is 115 Å². The van der Waals surface area contributed by atoms with Crippen molar-refractivity contribution in [2.24, 2.45) is 17.8 Å². The van der Waals surface area contributed by atoms with E-state index in [4.69, 9.17) is 37.0 Å². The highest BCUT2D eigenvalue weighted by Crippen LogP contribution is 2.45. The van der Waals surface area contributed by atoms with Crippen molar-refractivity contribution in [2.75, 3.05) is 39.6 Å². The first-order valence-corrected chi connectivity index (χ1v) is 41.7. The normalized spacial score (nSPS) is 14.2. The molecule has 0 heterocycles. The molecule has 0 bridgehead atoms. The van der Waals surface area contributed by atoms with Crippen molar-refractivity contribution in [3.8, 4) is 0 Å². The van der Waals surface area contributed by atoms with Gasteiger partial charge in [-0.3, -0.25) is 37.3 Å². The number of allylic oxidation sites excluding steroid dienone is 4. The van der Waals surface area contributed by atoms with Crippen LogP contribution in [-0.2, 0) is 65.4 Å². The van der Waals surface area contributed by atoms with Crippen LogP contribution in [0.1, 0.15) is 363 Å². The summed E-state index contributed by atoms with van der Waals surface area (Å²) in [7, 11) is -9.92. The van der Waals surface area contributed by atoms with Crippen LogP contribution in [0.5, 0.6) is 0 Å². The Morgan fingerprint density at radius 2 is 0.568 bits per heavy atom. The van der Waals surface area contributed by atoms with Crippen LogP contribution in [0.2, 0.25) is 0 Å². The molecule has 0 aromatic heterocycles. The van der Waals surface area contributed by atoms with Crippen molar-refractivity contribution in [3.05, 3.63) is 24.3 Å². The summed E-state index contributed by atoms with van der Waals surface area (Å²) >= 11 is 0. The number of aliphatic hydroxyl groups is 1. The Morgan fingerprint density at radius 1 is 0.326 bits per heavy atom. The Balaban J connectivity index is 5.20. The standard InChI is InChI=1S/C76H144O17P2/c1-8-9-10-11-12-13-14-15-20-25-28-31-36-45-52-59-75(80)92-71(63-86-73(78)57-50-43-35-30-27-24-22-19-17-16-18-21-23-26-29-33-40-47-54-67(2)3)65-90-94(82,83)88-61-70(77)62-89-95(84,85)91-66-72(93-76(81)60-53-46-39-38-42-49-56-69(6)7)64-87-74(79)58-51-44-37-32-34-41-48-55-68(4)5/h13-15,20,67-72,77H,8-12,16-19,21-66H2,1-7H3,(H,82,83)(H,84,85)/b14-13-,20-15-/t70?,71-,72-/m1/s1. The van der Waals surface area contributed by atoms with E-state index in [2.05, 4.69) is 72.8 Å². The smallest absolute Gasteiger partial charge is 0.462 e. The van der Waals surface area contributed by atoms with Crippen LogP contribution in [0.25, 0.3) is 0 Å². The highest BCUT2D eigenvalue weighted by molar-refractivity contribution is 7.47. The van der Waals surface area contributed by atoms with Crippen LogP contribution in [0.15, 0.2) is 24.3 Å². The van der Waals surface area contributed by atoms with Gasteiger partial charge in [0.05, 0.1) is 26.4 Å². The average Bonchev–Trinajstić information content (AvgIpc) is 1.64. The van der Waals surface area contributed by atoms with Crippen LogP contribution in [0.3, 0.4) is 0 Å². The van der Waals surface area contributed by atoms with E-state index in [1.165, 1.54) is 154 Å². The van der Waals surface area contributed by atoms with Gasteiger partial charge in [0.15, 0.2) is 12.2 Å². The van der Waals surface area contributed by atoms with E-state index >= 15 is 0 Å². The maximum Gasteiger partial charge on any atom is 0.472 e. The number of aliphatic hydroxyl groups excluding tert-OH is 1. The SMILES string of the molecule is CCCCCC/C=C\C=C/CCCCCCCC(=O)O[C@H](COC(=O)CCCCCCCCCCCCCCCCCCCCC(C)C)COP(=O)(O)OCC(O)COP(=O)(O)OC[C@@H](COC(=O)CCCCCCCCCC(C)C)OC(=O)CCCCCCCCC(C)C. The van der Waals surface area contributed by atoms with Crippen molar-refractivity contribution < 1.29 is 80.2 Å². The number of carbonyl (C=O) groups excluding carboxylic acids is 4. The molecule has 3 N–H and O–H groups in total. The fourth-order valence-electron chi connectivity index (χ4n) is 11.1. The van der Waals surface area contributed by atoms with Gasteiger partial charge in [-0.25, -0.2) is 9.13 Å². The number of hydrogen-bond donors (Lipinski definition) is 3. The monoisotopic (exact) mass is 1390 g/mol. The molecule has 0 aliphatic carbocycles. The van der Waals surface area contributed by atoms with Crippen molar-refractivity contribution in [1.82, 2.24) is 0 Å². The zero-order valence-electron chi connectivity index (χ0n) is 61.6. The Kier molecular flexibility index (Phi) is 64.4. The second kappa shape index (κ2) is 66.1. The number of ether oxygens (including phenoxy) is 4. The molecular formula is C76H144O17P2. The Labute approximate surface area is 580 Å². The summed E-state index contributed by atoms with van der Waals surface area (Å²) in [5.41, 5.74) is 0. The third-order valence-electron chi connectivity index (χ3n) is 17.0. The molecule has 0 aromatic rings. The topological polar surface area (TPSA) is 237 Å². The molecule has 560 valence electrons. The van der Waals surface area contributed by atoms with E-state index in [1.807, 2.05) is 0 Å². The highest BCUT2D eigenvalue weighted by Gasteiger charge is 2.30. The zero-order valence-corrected chi connectivity index (χ0v) is 63.4. The van der Waals surface area contributed by atoms with Crippen molar-refractivity contribution in [2.45, 2.75) is 381 Å². The van der Waals surface area contributed by atoms with Crippen LogP contribution < -0.4 is 0 Å². The molecule has 0 fully saturated rings. The number of hydrogen-bond acceptors (Lipinski definition) is 15. The van der Waals surface area contributed by atoms with Crippen LogP contribution in [0, 0.1) is 17.8 Å². The highest BCUT2D eigenvalue weighted by atomic mass is 31.2. The van der Waals surface area contributed by atoms with Crippen LogP contribution >= 0.6 is 15.6 Å².